The van der Waals surface area contributed by atoms with E-state index in [9.17, 15) is 0 Å². The summed E-state index contributed by atoms with van der Waals surface area (Å²) < 4.78 is 6.04. The highest BCUT2D eigenvalue weighted by atomic mass is 79.9. The number of pyridine rings is 1. The van der Waals surface area contributed by atoms with Crippen LogP contribution < -0.4 is 10.1 Å². The molecule has 0 bridgehead atoms. The Morgan fingerprint density at radius 1 is 1.67 bits per heavy atom. The number of halogens is 1. The number of nitrogens with one attached hydrogen (secondary N) is 1. The lowest BCUT2D eigenvalue weighted by Crippen LogP contribution is -2.07. The second-order valence-electron chi connectivity index (χ2n) is 2.30. The summed E-state index contributed by atoms with van der Waals surface area (Å²) in [5.74, 6) is 0.815. The van der Waals surface area contributed by atoms with Gasteiger partial charge in [-0.15, -0.1) is 0 Å². The lowest BCUT2D eigenvalue weighted by atomic mass is 10.3. The molecule has 1 heterocycles. The Balaban J connectivity index is 2.97. The molecule has 0 saturated heterocycles. The fraction of sp³-hybridized carbons (Fsp3) is 0.375. The Morgan fingerprint density at radius 2 is 2.42 bits per heavy atom. The van der Waals surface area contributed by atoms with Crippen LogP contribution in [0.4, 0.5) is 0 Å². The van der Waals surface area contributed by atoms with Crippen molar-refractivity contribution in [2.75, 3.05) is 14.2 Å². The standard InChI is InChI=1S/C8H11BrN2O/c1-10-5-6-8(9)7(12-2)3-4-11-6/h3-4,10H,5H2,1-2H3. The van der Waals surface area contributed by atoms with Crippen LogP contribution in [0.5, 0.6) is 5.75 Å². The third kappa shape index (κ3) is 1.95. The first-order chi connectivity index (χ1) is 5.79. The quantitative estimate of drug-likeness (QED) is 0.857. The van der Waals surface area contributed by atoms with E-state index in [2.05, 4.69) is 26.2 Å². The molecule has 66 valence electrons. The number of aromatic nitrogens is 1. The maximum atomic E-state index is 5.12. The number of hydrogen-bond acceptors (Lipinski definition) is 3. The van der Waals surface area contributed by atoms with Crippen LogP contribution in [0.2, 0.25) is 0 Å². The Labute approximate surface area is 80.3 Å². The zero-order valence-electron chi connectivity index (χ0n) is 7.10. The highest BCUT2D eigenvalue weighted by Crippen LogP contribution is 2.26. The molecule has 1 aromatic rings. The van der Waals surface area contributed by atoms with Crippen molar-refractivity contribution >= 4 is 15.9 Å². The Hall–Kier alpha value is -0.610. The van der Waals surface area contributed by atoms with Gasteiger partial charge in [0, 0.05) is 12.7 Å². The van der Waals surface area contributed by atoms with Gasteiger partial charge >= 0.3 is 0 Å². The molecule has 0 radical (unpaired) electrons. The molecule has 0 aliphatic rings. The molecule has 0 fully saturated rings. The molecule has 0 aromatic carbocycles. The Morgan fingerprint density at radius 3 is 3.00 bits per heavy atom. The zero-order chi connectivity index (χ0) is 8.97. The van der Waals surface area contributed by atoms with Gasteiger partial charge < -0.3 is 10.1 Å². The van der Waals surface area contributed by atoms with Gasteiger partial charge in [-0.05, 0) is 29.0 Å². The predicted octanol–water partition coefficient (Wildman–Crippen LogP) is 1.57. The summed E-state index contributed by atoms with van der Waals surface area (Å²) in [4.78, 5) is 4.19. The highest BCUT2D eigenvalue weighted by molar-refractivity contribution is 9.10. The molecule has 0 aliphatic heterocycles. The van der Waals surface area contributed by atoms with E-state index in [0.29, 0.717) is 0 Å². The van der Waals surface area contributed by atoms with Gasteiger partial charge in [-0.3, -0.25) is 4.98 Å². The molecule has 0 aliphatic carbocycles. The average molecular weight is 231 g/mol. The van der Waals surface area contributed by atoms with Gasteiger partial charge in [0.2, 0.25) is 0 Å². The van der Waals surface area contributed by atoms with Crippen LogP contribution in [0, 0.1) is 0 Å². The van der Waals surface area contributed by atoms with E-state index in [0.717, 1.165) is 22.5 Å². The SMILES string of the molecule is CNCc1nccc(OC)c1Br. The van der Waals surface area contributed by atoms with Gasteiger partial charge in [-0.2, -0.15) is 0 Å². The molecule has 12 heavy (non-hydrogen) atoms. The van der Waals surface area contributed by atoms with Crippen molar-refractivity contribution in [3.05, 3.63) is 22.4 Å². The molecule has 1 N–H and O–H groups in total. The summed E-state index contributed by atoms with van der Waals surface area (Å²) in [5.41, 5.74) is 0.955. The van der Waals surface area contributed by atoms with Crippen molar-refractivity contribution in [3.8, 4) is 5.75 Å². The topological polar surface area (TPSA) is 34.2 Å². The minimum atomic E-state index is 0.734. The molecular weight excluding hydrogens is 220 g/mol. The first kappa shape index (κ1) is 9.48. The van der Waals surface area contributed by atoms with Crippen molar-refractivity contribution in [2.45, 2.75) is 6.54 Å². The van der Waals surface area contributed by atoms with Gasteiger partial charge in [-0.25, -0.2) is 0 Å². The molecule has 1 aromatic heterocycles. The summed E-state index contributed by atoms with van der Waals surface area (Å²) in [6.07, 6.45) is 1.73. The molecule has 0 spiro atoms. The average Bonchev–Trinajstić information content (AvgIpc) is 2.09. The van der Waals surface area contributed by atoms with Gasteiger partial charge in [0.25, 0.3) is 0 Å². The lowest BCUT2D eigenvalue weighted by Gasteiger charge is -2.06. The van der Waals surface area contributed by atoms with Crippen molar-refractivity contribution < 1.29 is 4.74 Å². The fourth-order valence-electron chi connectivity index (χ4n) is 0.915. The third-order valence-electron chi connectivity index (χ3n) is 1.49. The van der Waals surface area contributed by atoms with E-state index in [1.54, 1.807) is 13.3 Å². The van der Waals surface area contributed by atoms with E-state index in [1.807, 2.05) is 13.1 Å². The van der Waals surface area contributed by atoms with E-state index < -0.39 is 0 Å². The maximum Gasteiger partial charge on any atom is 0.136 e. The van der Waals surface area contributed by atoms with Crippen LogP contribution in [0.25, 0.3) is 0 Å². The van der Waals surface area contributed by atoms with Gasteiger partial charge in [0.1, 0.15) is 5.75 Å². The zero-order valence-corrected chi connectivity index (χ0v) is 8.68. The van der Waals surface area contributed by atoms with Crippen LogP contribution in [-0.2, 0) is 6.54 Å². The molecule has 3 nitrogen and oxygen atoms in total. The van der Waals surface area contributed by atoms with Crippen LogP contribution in [0.3, 0.4) is 0 Å². The van der Waals surface area contributed by atoms with Crippen molar-refractivity contribution in [3.63, 3.8) is 0 Å². The largest absolute Gasteiger partial charge is 0.495 e. The second kappa shape index (κ2) is 4.42. The summed E-state index contributed by atoms with van der Waals surface area (Å²) in [6, 6.07) is 1.82. The summed E-state index contributed by atoms with van der Waals surface area (Å²) in [5, 5.41) is 3.03. The lowest BCUT2D eigenvalue weighted by molar-refractivity contribution is 0.410. The maximum absolute atomic E-state index is 5.12. The molecule has 4 heteroatoms. The first-order valence-electron chi connectivity index (χ1n) is 3.61. The monoisotopic (exact) mass is 230 g/mol. The fourth-order valence-corrected chi connectivity index (χ4v) is 1.45. The number of ether oxygens (including phenoxy) is 1. The minimum absolute atomic E-state index is 0.734. The molecule has 0 saturated carbocycles. The minimum Gasteiger partial charge on any atom is -0.495 e. The third-order valence-corrected chi connectivity index (χ3v) is 2.34. The Bertz CT molecular complexity index is 265. The Kier molecular flexibility index (Phi) is 3.49. The number of nitrogens with zero attached hydrogens (tertiary/aromatic N) is 1. The number of rotatable bonds is 3. The van der Waals surface area contributed by atoms with Crippen molar-refractivity contribution in [2.24, 2.45) is 0 Å². The van der Waals surface area contributed by atoms with Crippen LogP contribution in [0.1, 0.15) is 5.69 Å². The van der Waals surface area contributed by atoms with Crippen molar-refractivity contribution in [1.82, 2.24) is 10.3 Å². The first-order valence-corrected chi connectivity index (χ1v) is 4.41. The molecular formula is C8H11BrN2O. The van der Waals surface area contributed by atoms with E-state index >= 15 is 0 Å². The smallest absolute Gasteiger partial charge is 0.136 e. The van der Waals surface area contributed by atoms with Crippen molar-refractivity contribution in [1.29, 1.82) is 0 Å². The highest BCUT2D eigenvalue weighted by Gasteiger charge is 2.05. The number of hydrogen-bond donors (Lipinski definition) is 1. The van der Waals surface area contributed by atoms with E-state index in [1.165, 1.54) is 0 Å². The van der Waals surface area contributed by atoms with E-state index in [4.69, 9.17) is 4.74 Å². The van der Waals surface area contributed by atoms with Crippen LogP contribution >= 0.6 is 15.9 Å². The van der Waals surface area contributed by atoms with Gasteiger partial charge in [-0.1, -0.05) is 0 Å². The second-order valence-corrected chi connectivity index (χ2v) is 3.10. The van der Waals surface area contributed by atoms with Gasteiger partial charge in [0.15, 0.2) is 0 Å². The normalized spacial score (nSPS) is 9.92. The van der Waals surface area contributed by atoms with Crippen LogP contribution in [0.15, 0.2) is 16.7 Å². The van der Waals surface area contributed by atoms with E-state index in [-0.39, 0.29) is 0 Å². The van der Waals surface area contributed by atoms with Crippen LogP contribution in [-0.4, -0.2) is 19.1 Å². The summed E-state index contributed by atoms with van der Waals surface area (Å²) in [6.45, 7) is 0.734. The number of methoxy groups -OCH3 is 1. The molecule has 1 rings (SSSR count). The predicted molar refractivity (Wildman–Crippen MR) is 51.3 cm³/mol. The molecule has 0 amide bonds. The van der Waals surface area contributed by atoms with Gasteiger partial charge in [0.05, 0.1) is 17.3 Å². The molecule has 0 atom stereocenters. The molecule has 0 unspecified atom stereocenters. The summed E-state index contributed by atoms with van der Waals surface area (Å²) in [7, 11) is 3.52. The summed E-state index contributed by atoms with van der Waals surface area (Å²) >= 11 is 3.41.